The number of nitrogens with one attached hydrogen (secondary N) is 2. The van der Waals surface area contributed by atoms with Crippen LogP contribution < -0.4 is 15.0 Å². The summed E-state index contributed by atoms with van der Waals surface area (Å²) in [6.45, 7) is 4.79. The quantitative estimate of drug-likeness (QED) is 0.584. The standard InChI is InChI=1S/C19H23N3O4/c1-13-7-5-6-8-15(13)11-21(3)12-19(23)20-16-10-18(26-4)17(22(24)25)9-14(16)2/h5-10H,11-12H2,1-4H3,(H,20,23)/p+1. The van der Waals surface area contributed by atoms with Crippen molar-refractivity contribution in [1.82, 2.24) is 0 Å². The number of nitro benzene ring substituents is 1. The van der Waals surface area contributed by atoms with Crippen molar-refractivity contribution >= 4 is 17.3 Å². The van der Waals surface area contributed by atoms with Crippen molar-refractivity contribution in [1.29, 1.82) is 0 Å². The molecule has 0 aliphatic heterocycles. The molecule has 2 aromatic rings. The molecule has 0 fully saturated rings. The van der Waals surface area contributed by atoms with Crippen molar-refractivity contribution in [3.05, 3.63) is 63.2 Å². The Hall–Kier alpha value is -2.93. The van der Waals surface area contributed by atoms with Crippen LogP contribution in [0.25, 0.3) is 0 Å². The Morgan fingerprint density at radius 1 is 1.23 bits per heavy atom. The van der Waals surface area contributed by atoms with Crippen LogP contribution in [-0.4, -0.2) is 31.5 Å². The van der Waals surface area contributed by atoms with Gasteiger partial charge in [0.1, 0.15) is 6.54 Å². The summed E-state index contributed by atoms with van der Waals surface area (Å²) in [4.78, 5) is 24.0. The molecule has 0 saturated heterocycles. The number of amides is 1. The minimum absolute atomic E-state index is 0.120. The van der Waals surface area contributed by atoms with Gasteiger partial charge in [-0.1, -0.05) is 24.3 Å². The molecule has 1 atom stereocenters. The fraction of sp³-hybridized carbons (Fsp3) is 0.316. The van der Waals surface area contributed by atoms with Crippen molar-refractivity contribution in [3.63, 3.8) is 0 Å². The SMILES string of the molecule is COc1cc(NC(=O)C[NH+](C)Cc2ccccc2C)c(C)cc1[N+](=O)[O-]. The number of benzene rings is 2. The molecule has 1 amide bonds. The minimum Gasteiger partial charge on any atom is -0.490 e. The molecular formula is C19H24N3O4+. The van der Waals surface area contributed by atoms with Gasteiger partial charge in [-0.15, -0.1) is 0 Å². The fourth-order valence-corrected chi connectivity index (χ4v) is 2.78. The zero-order chi connectivity index (χ0) is 19.3. The molecule has 0 radical (unpaired) electrons. The number of nitrogens with zero attached hydrogens (tertiary/aromatic N) is 1. The van der Waals surface area contributed by atoms with Crippen LogP contribution in [0.15, 0.2) is 36.4 Å². The average Bonchev–Trinajstić information content (AvgIpc) is 2.58. The van der Waals surface area contributed by atoms with Crippen LogP contribution in [0.4, 0.5) is 11.4 Å². The third-order valence-corrected chi connectivity index (χ3v) is 4.21. The maximum atomic E-state index is 12.4. The highest BCUT2D eigenvalue weighted by molar-refractivity contribution is 5.92. The van der Waals surface area contributed by atoms with Crippen LogP contribution in [-0.2, 0) is 11.3 Å². The number of hydrogen-bond donors (Lipinski definition) is 2. The summed E-state index contributed by atoms with van der Waals surface area (Å²) >= 11 is 0. The number of aryl methyl sites for hydroxylation is 2. The molecule has 2 aromatic carbocycles. The first-order valence-corrected chi connectivity index (χ1v) is 8.30. The van der Waals surface area contributed by atoms with Gasteiger partial charge in [-0.2, -0.15) is 0 Å². The predicted molar refractivity (Wildman–Crippen MR) is 99.7 cm³/mol. The van der Waals surface area contributed by atoms with Gasteiger partial charge in [0, 0.05) is 23.4 Å². The van der Waals surface area contributed by atoms with Crippen LogP contribution >= 0.6 is 0 Å². The predicted octanol–water partition coefficient (Wildman–Crippen LogP) is 1.87. The summed E-state index contributed by atoms with van der Waals surface area (Å²) < 4.78 is 5.06. The van der Waals surface area contributed by atoms with Crippen LogP contribution in [0.5, 0.6) is 5.75 Å². The molecule has 0 bridgehead atoms. The van der Waals surface area contributed by atoms with Crippen LogP contribution in [0.1, 0.15) is 16.7 Å². The Bertz CT molecular complexity index is 820. The van der Waals surface area contributed by atoms with Crippen LogP contribution in [0.2, 0.25) is 0 Å². The van der Waals surface area contributed by atoms with Crippen LogP contribution in [0, 0.1) is 24.0 Å². The normalized spacial score (nSPS) is 11.7. The Labute approximate surface area is 152 Å². The van der Waals surface area contributed by atoms with Crippen LogP contribution in [0.3, 0.4) is 0 Å². The summed E-state index contributed by atoms with van der Waals surface area (Å²) in [5, 5.41) is 13.9. The molecule has 0 heterocycles. The number of anilines is 1. The van der Waals surface area contributed by atoms with Gasteiger partial charge in [0.2, 0.25) is 0 Å². The zero-order valence-corrected chi connectivity index (χ0v) is 15.5. The summed E-state index contributed by atoms with van der Waals surface area (Å²) in [7, 11) is 3.32. The highest BCUT2D eigenvalue weighted by atomic mass is 16.6. The van der Waals surface area contributed by atoms with Gasteiger partial charge in [-0.05, 0) is 25.0 Å². The average molecular weight is 358 g/mol. The topological polar surface area (TPSA) is 85.9 Å². The zero-order valence-electron chi connectivity index (χ0n) is 15.5. The first kappa shape index (κ1) is 19.4. The third kappa shape index (κ3) is 4.80. The molecule has 7 heteroatoms. The molecule has 138 valence electrons. The lowest BCUT2D eigenvalue weighted by Crippen LogP contribution is -3.08. The molecule has 7 nitrogen and oxygen atoms in total. The lowest BCUT2D eigenvalue weighted by molar-refractivity contribution is -0.885. The minimum atomic E-state index is -0.502. The van der Waals surface area contributed by atoms with Gasteiger partial charge in [0.05, 0.1) is 19.1 Å². The van der Waals surface area contributed by atoms with E-state index in [0.717, 1.165) is 11.4 Å². The number of carbonyl (C=O) groups is 1. The van der Waals surface area contributed by atoms with Crippen molar-refractivity contribution in [3.8, 4) is 5.75 Å². The molecule has 1 unspecified atom stereocenters. The highest BCUT2D eigenvalue weighted by Crippen LogP contribution is 2.32. The number of carbonyl (C=O) groups excluding carboxylic acids is 1. The van der Waals surface area contributed by atoms with E-state index in [0.29, 0.717) is 11.3 Å². The Morgan fingerprint density at radius 3 is 2.54 bits per heavy atom. The summed E-state index contributed by atoms with van der Waals surface area (Å²) in [6, 6.07) is 11.0. The van der Waals surface area contributed by atoms with Crippen molar-refractivity contribution in [2.45, 2.75) is 20.4 Å². The highest BCUT2D eigenvalue weighted by Gasteiger charge is 2.19. The lowest BCUT2D eigenvalue weighted by Gasteiger charge is -2.16. The second kappa shape index (κ2) is 8.44. The monoisotopic (exact) mass is 358 g/mol. The fourth-order valence-electron chi connectivity index (χ4n) is 2.78. The first-order chi connectivity index (χ1) is 12.3. The van der Waals surface area contributed by atoms with E-state index in [2.05, 4.69) is 24.4 Å². The number of hydrogen-bond acceptors (Lipinski definition) is 4. The smallest absolute Gasteiger partial charge is 0.311 e. The van der Waals surface area contributed by atoms with Gasteiger partial charge in [-0.3, -0.25) is 14.9 Å². The first-order valence-electron chi connectivity index (χ1n) is 8.30. The molecule has 2 rings (SSSR count). The Balaban J connectivity index is 2.05. The molecule has 0 spiro atoms. The Morgan fingerprint density at radius 2 is 1.92 bits per heavy atom. The summed E-state index contributed by atoms with van der Waals surface area (Å²) in [5.41, 5.74) is 3.41. The van der Waals surface area contributed by atoms with Crippen molar-refractivity contribution in [2.75, 3.05) is 26.0 Å². The van der Waals surface area contributed by atoms with Gasteiger partial charge < -0.3 is 15.0 Å². The Kier molecular flexibility index (Phi) is 6.30. The number of likely N-dealkylation sites (N-methyl/N-ethyl adjacent to an activating group) is 1. The van der Waals surface area contributed by atoms with Crippen molar-refractivity contribution in [2.24, 2.45) is 0 Å². The maximum absolute atomic E-state index is 12.4. The molecule has 0 aliphatic carbocycles. The van der Waals surface area contributed by atoms with Gasteiger partial charge in [-0.25, -0.2) is 0 Å². The number of quaternary nitrogens is 1. The molecule has 26 heavy (non-hydrogen) atoms. The molecular weight excluding hydrogens is 334 g/mol. The van der Waals surface area contributed by atoms with E-state index in [1.807, 2.05) is 19.2 Å². The van der Waals surface area contributed by atoms with E-state index in [-0.39, 0.29) is 23.9 Å². The second-order valence-electron chi connectivity index (χ2n) is 6.38. The number of ether oxygens (including phenoxy) is 1. The molecule has 2 N–H and O–H groups in total. The van der Waals surface area contributed by atoms with E-state index in [1.165, 1.54) is 30.4 Å². The summed E-state index contributed by atoms with van der Waals surface area (Å²) in [5.74, 6) is -0.0356. The van der Waals surface area contributed by atoms with Crippen molar-refractivity contribution < 1.29 is 19.4 Å². The van der Waals surface area contributed by atoms with E-state index in [9.17, 15) is 14.9 Å². The lowest BCUT2D eigenvalue weighted by atomic mass is 10.1. The van der Waals surface area contributed by atoms with E-state index < -0.39 is 4.92 Å². The number of nitro groups is 1. The second-order valence-corrected chi connectivity index (χ2v) is 6.38. The van der Waals surface area contributed by atoms with Gasteiger partial charge >= 0.3 is 5.69 Å². The maximum Gasteiger partial charge on any atom is 0.311 e. The third-order valence-electron chi connectivity index (χ3n) is 4.21. The molecule has 0 saturated carbocycles. The number of methoxy groups -OCH3 is 1. The molecule has 0 aliphatic rings. The van der Waals surface area contributed by atoms with Gasteiger partial charge in [0.25, 0.3) is 5.91 Å². The van der Waals surface area contributed by atoms with E-state index in [4.69, 9.17) is 4.74 Å². The molecule has 0 aromatic heterocycles. The van der Waals surface area contributed by atoms with E-state index in [1.54, 1.807) is 6.92 Å². The largest absolute Gasteiger partial charge is 0.490 e. The van der Waals surface area contributed by atoms with Gasteiger partial charge in [0.15, 0.2) is 12.3 Å². The number of rotatable bonds is 7. The summed E-state index contributed by atoms with van der Waals surface area (Å²) in [6.07, 6.45) is 0. The van der Waals surface area contributed by atoms with E-state index >= 15 is 0 Å².